The number of halogens is 2. The third kappa shape index (κ3) is 8.85. The summed E-state index contributed by atoms with van der Waals surface area (Å²) < 4.78 is 10.3. The molecule has 2 aliphatic heterocycles. The number of aliphatic carboxylic acids is 2. The lowest BCUT2D eigenvalue weighted by molar-refractivity contribution is -0.139. The minimum atomic E-state index is -1.42. The van der Waals surface area contributed by atoms with E-state index in [2.05, 4.69) is 10.2 Å². The Labute approximate surface area is 283 Å². The summed E-state index contributed by atoms with van der Waals surface area (Å²) >= 11 is 13.0. The lowest BCUT2D eigenvalue weighted by atomic mass is 9.78. The van der Waals surface area contributed by atoms with E-state index in [-0.39, 0.29) is 50.7 Å². The van der Waals surface area contributed by atoms with E-state index in [1.165, 1.54) is 19.2 Å². The third-order valence-electron chi connectivity index (χ3n) is 8.01. The second-order valence-corrected chi connectivity index (χ2v) is 13.2. The van der Waals surface area contributed by atoms with E-state index in [1.54, 1.807) is 11.0 Å². The number of hydrogen-bond donors (Lipinski definition) is 3. The number of rotatable bonds is 10. The van der Waals surface area contributed by atoms with E-state index >= 15 is 0 Å². The molecule has 3 N–H and O–H groups in total. The third-order valence-corrected chi connectivity index (χ3v) is 8.67. The van der Waals surface area contributed by atoms with Crippen LogP contribution in [0.5, 0.6) is 0 Å². The summed E-state index contributed by atoms with van der Waals surface area (Å²) in [6.45, 7) is 8.50. The zero-order valence-corrected chi connectivity index (χ0v) is 28.3. The van der Waals surface area contributed by atoms with Gasteiger partial charge in [-0.05, 0) is 56.9 Å². The highest BCUT2D eigenvalue weighted by molar-refractivity contribution is 6.36. The second-order valence-electron chi connectivity index (χ2n) is 12.4. The number of ether oxygens (including phenoxy) is 2. The lowest BCUT2D eigenvalue weighted by Crippen LogP contribution is -2.49. The van der Waals surface area contributed by atoms with Crippen molar-refractivity contribution in [2.75, 3.05) is 33.3 Å². The molecule has 0 aliphatic carbocycles. The van der Waals surface area contributed by atoms with Gasteiger partial charge in [0, 0.05) is 59.7 Å². The normalized spacial score (nSPS) is 17.3. The van der Waals surface area contributed by atoms with Crippen LogP contribution in [0.15, 0.2) is 65.0 Å². The first kappa shape index (κ1) is 35.8. The van der Waals surface area contributed by atoms with Crippen molar-refractivity contribution in [3.8, 4) is 0 Å². The zero-order valence-electron chi connectivity index (χ0n) is 26.8. The van der Waals surface area contributed by atoms with E-state index in [0.717, 1.165) is 11.1 Å². The van der Waals surface area contributed by atoms with Crippen LogP contribution in [-0.2, 0) is 36.8 Å². The molecule has 1 amide bonds. The monoisotopic (exact) mass is 687 g/mol. The number of benzene rings is 2. The molecule has 2 aliphatic rings. The Bertz CT molecular complexity index is 1590. The Morgan fingerprint density at radius 3 is 1.98 bits per heavy atom. The number of hydrogen-bond acceptors (Lipinski definition) is 8. The number of esters is 1. The van der Waals surface area contributed by atoms with Crippen LogP contribution in [0.3, 0.4) is 0 Å². The molecule has 11 nitrogen and oxygen atoms in total. The molecule has 0 spiro atoms. The van der Waals surface area contributed by atoms with Crippen molar-refractivity contribution in [2.24, 2.45) is 0 Å². The number of carbonyl (C=O) groups is 4. The molecule has 2 aromatic rings. The van der Waals surface area contributed by atoms with Gasteiger partial charge in [-0.2, -0.15) is 0 Å². The summed E-state index contributed by atoms with van der Waals surface area (Å²) in [6.07, 6.45) is -0.174. The van der Waals surface area contributed by atoms with Crippen molar-refractivity contribution >= 4 is 47.2 Å². The molecule has 252 valence electrons. The fourth-order valence-corrected chi connectivity index (χ4v) is 6.43. The average Bonchev–Trinajstić information content (AvgIpc) is 2.99. The second kappa shape index (κ2) is 15.2. The molecule has 13 heteroatoms. The zero-order chi connectivity index (χ0) is 34.5. The van der Waals surface area contributed by atoms with Crippen LogP contribution in [0.4, 0.5) is 4.79 Å². The van der Waals surface area contributed by atoms with Gasteiger partial charge < -0.3 is 29.9 Å². The van der Waals surface area contributed by atoms with Gasteiger partial charge in [-0.3, -0.25) is 9.69 Å². The van der Waals surface area contributed by atoms with Crippen molar-refractivity contribution in [1.82, 2.24) is 15.1 Å². The van der Waals surface area contributed by atoms with Gasteiger partial charge in [0.25, 0.3) is 0 Å². The van der Waals surface area contributed by atoms with E-state index in [0.29, 0.717) is 39.1 Å². The molecule has 0 bridgehead atoms. The number of carbonyl (C=O) groups excluding carboxylic acids is 2. The van der Waals surface area contributed by atoms with E-state index < -0.39 is 35.8 Å². The number of nitrogens with one attached hydrogen (secondary N) is 1. The SMILES string of the molecule is COC(=O)CC1=C(C(=O)O)C(c2c(Cl)cccc2Cl)C(C(=O)O)=C(CCc2ccccc2CN2CCN(C(=O)OC(C)(C)C)CC2)N1. The topological polar surface area (TPSA) is 146 Å². The first-order valence-electron chi connectivity index (χ1n) is 15.2. The van der Waals surface area contributed by atoms with Crippen molar-refractivity contribution in [3.63, 3.8) is 0 Å². The van der Waals surface area contributed by atoms with Gasteiger partial charge in [-0.15, -0.1) is 0 Å². The Kier molecular flexibility index (Phi) is 11.6. The maximum atomic E-state index is 12.9. The molecule has 0 aromatic heterocycles. The van der Waals surface area contributed by atoms with E-state index in [9.17, 15) is 29.4 Å². The molecule has 4 rings (SSSR count). The number of aryl methyl sites for hydroxylation is 1. The standard InChI is InChI=1S/C34H39Cl2N3O8/c1-34(2,3)47-33(45)39-16-14-38(15-17-39)19-21-9-6-5-8-20(21)12-13-24-28(31(41)42)30(27-22(35)10-7-11-23(27)36)29(32(43)44)25(37-24)18-26(40)46-4/h5-11,30,37H,12-19H2,1-4H3,(H,41,42)(H,43,44). The van der Waals surface area contributed by atoms with Gasteiger partial charge in [-0.1, -0.05) is 53.5 Å². The van der Waals surface area contributed by atoms with Crippen molar-refractivity contribution < 1.29 is 38.9 Å². The van der Waals surface area contributed by atoms with Gasteiger partial charge >= 0.3 is 24.0 Å². The predicted octanol–water partition coefficient (Wildman–Crippen LogP) is 5.61. The first-order chi connectivity index (χ1) is 22.2. The lowest BCUT2D eigenvalue weighted by Gasteiger charge is -2.36. The van der Waals surface area contributed by atoms with Crippen LogP contribution in [0, 0.1) is 0 Å². The highest BCUT2D eigenvalue weighted by atomic mass is 35.5. The molecular formula is C34H39Cl2N3O8. The van der Waals surface area contributed by atoms with Crippen LogP contribution in [0.25, 0.3) is 0 Å². The Morgan fingerprint density at radius 2 is 1.43 bits per heavy atom. The maximum absolute atomic E-state index is 12.9. The summed E-state index contributed by atoms with van der Waals surface area (Å²) in [5.74, 6) is -4.84. The summed E-state index contributed by atoms with van der Waals surface area (Å²) in [6, 6.07) is 12.4. The molecule has 2 heterocycles. The molecule has 1 fully saturated rings. The van der Waals surface area contributed by atoms with Crippen LogP contribution in [0.2, 0.25) is 10.0 Å². The first-order valence-corrected chi connectivity index (χ1v) is 15.9. The summed E-state index contributed by atoms with van der Waals surface area (Å²) in [5, 5.41) is 24.0. The van der Waals surface area contributed by atoms with Gasteiger partial charge in [0.15, 0.2) is 0 Å². The van der Waals surface area contributed by atoms with Gasteiger partial charge in [0.2, 0.25) is 0 Å². The van der Waals surface area contributed by atoms with E-state index in [1.807, 2.05) is 45.0 Å². The quantitative estimate of drug-likeness (QED) is 0.270. The molecule has 1 unspecified atom stereocenters. The molecule has 2 aromatic carbocycles. The predicted molar refractivity (Wildman–Crippen MR) is 176 cm³/mol. The van der Waals surface area contributed by atoms with Gasteiger partial charge in [0.05, 0.1) is 30.6 Å². The van der Waals surface area contributed by atoms with Crippen molar-refractivity contribution in [2.45, 2.75) is 58.1 Å². The fraction of sp³-hybridized carbons (Fsp3) is 0.412. The maximum Gasteiger partial charge on any atom is 0.410 e. The number of allylic oxidation sites excluding steroid dienone is 1. The number of piperazine rings is 1. The molecule has 47 heavy (non-hydrogen) atoms. The van der Waals surface area contributed by atoms with Gasteiger partial charge in [0.1, 0.15) is 5.60 Å². The number of methoxy groups -OCH3 is 1. The summed E-state index contributed by atoms with van der Waals surface area (Å²) in [4.78, 5) is 54.4. The fourth-order valence-electron chi connectivity index (χ4n) is 5.81. The number of amides is 1. The smallest absolute Gasteiger partial charge is 0.410 e. The summed E-state index contributed by atoms with van der Waals surface area (Å²) in [5.41, 5.74) is 1.23. The minimum Gasteiger partial charge on any atom is -0.478 e. The minimum absolute atomic E-state index is 0.00137. The van der Waals surface area contributed by atoms with Crippen LogP contribution < -0.4 is 5.32 Å². The molecule has 0 radical (unpaired) electrons. The Morgan fingerprint density at radius 1 is 0.851 bits per heavy atom. The number of carboxylic acid groups (broad SMARTS) is 2. The summed E-state index contributed by atoms with van der Waals surface area (Å²) in [7, 11) is 1.18. The van der Waals surface area contributed by atoms with Crippen molar-refractivity contribution in [1.29, 1.82) is 0 Å². The number of carboxylic acids is 2. The highest BCUT2D eigenvalue weighted by Crippen LogP contribution is 2.45. The number of dihydropyridines is 1. The Hall–Kier alpha value is -4.06. The largest absolute Gasteiger partial charge is 0.478 e. The highest BCUT2D eigenvalue weighted by Gasteiger charge is 2.41. The van der Waals surface area contributed by atoms with Crippen LogP contribution in [-0.4, -0.2) is 82.9 Å². The molecular weight excluding hydrogens is 649 g/mol. The molecule has 1 saturated heterocycles. The van der Waals surface area contributed by atoms with Crippen LogP contribution in [0.1, 0.15) is 56.2 Å². The molecule has 0 saturated carbocycles. The van der Waals surface area contributed by atoms with Gasteiger partial charge in [-0.25, -0.2) is 14.4 Å². The average molecular weight is 689 g/mol. The Balaban J connectivity index is 1.62. The molecule has 1 atom stereocenters. The van der Waals surface area contributed by atoms with E-state index in [4.69, 9.17) is 32.7 Å². The van der Waals surface area contributed by atoms with Crippen molar-refractivity contribution in [3.05, 3.63) is 91.7 Å². The number of nitrogens with zero attached hydrogens (tertiary/aromatic N) is 2. The van der Waals surface area contributed by atoms with Crippen LogP contribution >= 0.6 is 23.2 Å².